The second-order valence-corrected chi connectivity index (χ2v) is 7.86. The number of carbonyl (C=O) groups is 2. The van der Waals surface area contributed by atoms with Gasteiger partial charge in [0, 0.05) is 6.42 Å². The number of carbonyl (C=O) groups excluding carboxylic acids is 1. The van der Waals surface area contributed by atoms with E-state index in [1.54, 1.807) is 12.1 Å². The van der Waals surface area contributed by atoms with Gasteiger partial charge in [0.05, 0.1) is 19.8 Å². The molecular weight excluding hydrogens is 446 g/mol. The first-order valence-electron chi connectivity index (χ1n) is 11.6. The summed E-state index contributed by atoms with van der Waals surface area (Å²) in [6.07, 6.45) is 1.02. The van der Waals surface area contributed by atoms with Crippen molar-refractivity contribution in [1.82, 2.24) is 5.32 Å². The largest absolute Gasteiger partial charge is 0.508 e. The first-order chi connectivity index (χ1) is 17.0. The van der Waals surface area contributed by atoms with Gasteiger partial charge in [0.1, 0.15) is 11.8 Å². The number of alkyl carbamates (subject to hydrolysis) is 1. The lowest BCUT2D eigenvalue weighted by molar-refractivity contribution is -0.139. The third kappa shape index (κ3) is 11.7. The Bertz CT molecular complexity index is 953. The normalized spacial score (nSPS) is 11.0. The van der Waals surface area contributed by atoms with Crippen LogP contribution in [0.5, 0.6) is 5.75 Å². The Morgan fingerprint density at radius 3 is 1.86 bits per heavy atom. The van der Waals surface area contributed by atoms with Crippen LogP contribution in [0.1, 0.15) is 36.5 Å². The highest BCUT2D eigenvalue weighted by Gasteiger charge is 2.21. The molecule has 0 aromatic heterocycles. The van der Waals surface area contributed by atoms with Gasteiger partial charge in [0.15, 0.2) is 0 Å². The number of hydrogen-bond donors (Lipinski definition) is 3. The van der Waals surface area contributed by atoms with Gasteiger partial charge in [0.25, 0.3) is 0 Å². The van der Waals surface area contributed by atoms with Crippen LogP contribution >= 0.6 is 0 Å². The summed E-state index contributed by atoms with van der Waals surface area (Å²) in [6.45, 7) is 3.59. The molecule has 0 unspecified atom stereocenters. The van der Waals surface area contributed by atoms with Crippen LogP contribution in [-0.2, 0) is 33.9 Å². The van der Waals surface area contributed by atoms with Crippen LogP contribution in [0.15, 0.2) is 84.9 Å². The number of amides is 1. The van der Waals surface area contributed by atoms with Crippen molar-refractivity contribution in [3.8, 4) is 5.75 Å². The number of carboxylic acid groups (broad SMARTS) is 1. The third-order valence-corrected chi connectivity index (χ3v) is 4.92. The van der Waals surface area contributed by atoms with Gasteiger partial charge in [-0.3, -0.25) is 0 Å². The highest BCUT2D eigenvalue weighted by Crippen LogP contribution is 2.11. The molecule has 3 N–H and O–H groups in total. The monoisotopic (exact) mass is 479 g/mol. The Balaban J connectivity index is 0.000000256. The van der Waals surface area contributed by atoms with Crippen molar-refractivity contribution in [1.29, 1.82) is 0 Å². The standard InChI is InChI=1S/C14H19NO5.C14H14O/c1-2-3-8-20-14(19)15-12(13(17)18)9-10-4-6-11(16)7-5-10;1-3-7-13(8-4-1)11-15-12-14-9-5-2-6-10-14/h4-7,12,16H,2-3,8-9H2,1H3,(H,15,19)(H,17,18);1-10H,11-12H2/t12-;/m0./s1. The summed E-state index contributed by atoms with van der Waals surface area (Å²) in [7, 11) is 0. The minimum Gasteiger partial charge on any atom is -0.508 e. The first kappa shape index (κ1) is 27.4. The first-order valence-corrected chi connectivity index (χ1v) is 11.6. The Morgan fingerprint density at radius 1 is 0.829 bits per heavy atom. The molecule has 0 radical (unpaired) electrons. The number of phenolic OH excluding ortho intramolecular Hbond substituents is 1. The Hall–Kier alpha value is -3.84. The fraction of sp³-hybridized carbons (Fsp3) is 0.286. The van der Waals surface area contributed by atoms with Gasteiger partial charge in [-0.05, 0) is 35.2 Å². The summed E-state index contributed by atoms with van der Waals surface area (Å²) in [5.74, 6) is -1.03. The van der Waals surface area contributed by atoms with Crippen molar-refractivity contribution in [3.63, 3.8) is 0 Å². The van der Waals surface area contributed by atoms with E-state index < -0.39 is 18.1 Å². The number of nitrogens with one attached hydrogen (secondary N) is 1. The van der Waals surface area contributed by atoms with Gasteiger partial charge < -0.3 is 25.0 Å². The van der Waals surface area contributed by atoms with Crippen LogP contribution in [0.2, 0.25) is 0 Å². The summed E-state index contributed by atoms with van der Waals surface area (Å²) in [6, 6.07) is 25.5. The Morgan fingerprint density at radius 2 is 1.37 bits per heavy atom. The topological polar surface area (TPSA) is 105 Å². The van der Waals surface area contributed by atoms with E-state index in [-0.39, 0.29) is 18.8 Å². The maximum atomic E-state index is 11.4. The molecule has 0 aliphatic heterocycles. The number of hydrogen-bond acceptors (Lipinski definition) is 5. The van der Waals surface area contributed by atoms with Crippen LogP contribution in [0, 0.1) is 0 Å². The van der Waals surface area contributed by atoms with Crippen LogP contribution in [0.4, 0.5) is 4.79 Å². The van der Waals surface area contributed by atoms with E-state index in [0.717, 1.165) is 12.8 Å². The highest BCUT2D eigenvalue weighted by atomic mass is 16.5. The number of carboxylic acids is 1. The van der Waals surface area contributed by atoms with Gasteiger partial charge in [-0.15, -0.1) is 0 Å². The van der Waals surface area contributed by atoms with E-state index in [1.165, 1.54) is 23.3 Å². The van der Waals surface area contributed by atoms with Gasteiger partial charge >= 0.3 is 12.1 Å². The second-order valence-electron chi connectivity index (χ2n) is 7.86. The van der Waals surface area contributed by atoms with E-state index in [2.05, 4.69) is 29.6 Å². The average Bonchev–Trinajstić information content (AvgIpc) is 2.87. The maximum absolute atomic E-state index is 11.4. The lowest BCUT2D eigenvalue weighted by Crippen LogP contribution is -2.42. The molecule has 0 bridgehead atoms. The molecule has 3 aromatic carbocycles. The Kier molecular flexibility index (Phi) is 12.5. The van der Waals surface area contributed by atoms with E-state index >= 15 is 0 Å². The second kappa shape index (κ2) is 15.9. The zero-order chi connectivity index (χ0) is 25.3. The number of ether oxygens (including phenoxy) is 2. The molecule has 0 heterocycles. The fourth-order valence-electron chi connectivity index (χ4n) is 3.00. The van der Waals surface area contributed by atoms with E-state index in [1.807, 2.05) is 43.3 Å². The maximum Gasteiger partial charge on any atom is 0.407 e. The van der Waals surface area contributed by atoms with Crippen LogP contribution in [-0.4, -0.2) is 34.9 Å². The summed E-state index contributed by atoms with van der Waals surface area (Å²) >= 11 is 0. The summed E-state index contributed by atoms with van der Waals surface area (Å²) in [5, 5.41) is 20.6. The van der Waals surface area contributed by atoms with Gasteiger partial charge in [-0.2, -0.15) is 0 Å². The number of aliphatic carboxylic acids is 1. The number of phenols is 1. The molecule has 0 spiro atoms. The molecule has 0 aliphatic carbocycles. The summed E-state index contributed by atoms with van der Waals surface area (Å²) in [5.41, 5.74) is 3.13. The van der Waals surface area contributed by atoms with Crippen molar-refractivity contribution < 1.29 is 29.3 Å². The predicted molar refractivity (Wildman–Crippen MR) is 134 cm³/mol. The van der Waals surface area contributed by atoms with Crippen molar-refractivity contribution in [3.05, 3.63) is 102 Å². The van der Waals surface area contributed by atoms with Crippen molar-refractivity contribution in [2.45, 2.75) is 45.4 Å². The van der Waals surface area contributed by atoms with Crippen molar-refractivity contribution in [2.24, 2.45) is 0 Å². The molecule has 1 atom stereocenters. The molecule has 7 heteroatoms. The smallest absolute Gasteiger partial charge is 0.407 e. The molecule has 3 aromatic rings. The number of aromatic hydroxyl groups is 1. The minimum absolute atomic E-state index is 0.104. The SMILES string of the molecule is CCCCOC(=O)N[C@@H](Cc1ccc(O)cc1)C(=O)O.c1ccc(COCc2ccccc2)cc1. The van der Waals surface area contributed by atoms with Crippen LogP contribution < -0.4 is 5.32 Å². The van der Waals surface area contributed by atoms with Gasteiger partial charge in [-0.1, -0.05) is 86.1 Å². The Labute approximate surface area is 206 Å². The zero-order valence-electron chi connectivity index (χ0n) is 19.9. The molecule has 0 saturated heterocycles. The fourth-order valence-corrected chi connectivity index (χ4v) is 3.00. The van der Waals surface area contributed by atoms with Gasteiger partial charge in [-0.25, -0.2) is 9.59 Å². The minimum atomic E-state index is -1.13. The van der Waals surface area contributed by atoms with Crippen LogP contribution in [0.25, 0.3) is 0 Å². The summed E-state index contributed by atoms with van der Waals surface area (Å²) < 4.78 is 10.5. The van der Waals surface area contributed by atoms with Gasteiger partial charge in [0.2, 0.25) is 0 Å². The zero-order valence-corrected chi connectivity index (χ0v) is 19.9. The lowest BCUT2D eigenvalue weighted by Gasteiger charge is -2.14. The molecule has 0 saturated carbocycles. The number of unbranched alkanes of at least 4 members (excludes halogenated alkanes) is 1. The van der Waals surface area contributed by atoms with E-state index in [4.69, 9.17) is 19.7 Å². The van der Waals surface area contributed by atoms with E-state index in [0.29, 0.717) is 18.8 Å². The molecule has 0 fully saturated rings. The van der Waals surface area contributed by atoms with Crippen LogP contribution in [0.3, 0.4) is 0 Å². The summed E-state index contributed by atoms with van der Waals surface area (Å²) in [4.78, 5) is 22.6. The lowest BCUT2D eigenvalue weighted by atomic mass is 10.1. The predicted octanol–water partition coefficient (Wildman–Crippen LogP) is 5.32. The molecule has 0 aliphatic rings. The molecule has 3 rings (SSSR count). The third-order valence-electron chi connectivity index (χ3n) is 4.92. The number of benzene rings is 3. The molecule has 35 heavy (non-hydrogen) atoms. The van der Waals surface area contributed by atoms with Crippen molar-refractivity contribution >= 4 is 12.1 Å². The molecular formula is C28H33NO6. The molecule has 1 amide bonds. The molecule has 7 nitrogen and oxygen atoms in total. The van der Waals surface area contributed by atoms with Crippen molar-refractivity contribution in [2.75, 3.05) is 6.61 Å². The molecule has 186 valence electrons. The average molecular weight is 480 g/mol. The number of rotatable bonds is 11. The van der Waals surface area contributed by atoms with E-state index in [9.17, 15) is 9.59 Å². The quantitative estimate of drug-likeness (QED) is 0.322. The highest BCUT2D eigenvalue weighted by molar-refractivity contribution is 5.80.